The van der Waals surface area contributed by atoms with Crippen molar-refractivity contribution < 1.29 is 33.4 Å². The first kappa shape index (κ1) is 21.0. The Balaban J connectivity index is 1.51. The molecule has 8 nitrogen and oxygen atoms in total. The Morgan fingerprint density at radius 1 is 1.00 bits per heavy atom. The largest absolute Gasteiger partial charge is 0.465 e. The van der Waals surface area contributed by atoms with Crippen LogP contribution in [0.5, 0.6) is 0 Å². The minimum atomic E-state index is -0.960. The van der Waals surface area contributed by atoms with E-state index in [2.05, 4.69) is 0 Å². The normalized spacial score (nSPS) is 25.0. The fourth-order valence-corrected chi connectivity index (χ4v) is 3.89. The average molecular weight is 425 g/mol. The third-order valence-electron chi connectivity index (χ3n) is 5.30. The first-order valence-electron chi connectivity index (χ1n) is 10.1. The van der Waals surface area contributed by atoms with Crippen LogP contribution in [-0.2, 0) is 35.2 Å². The number of cyclic esters (lactones) is 1. The summed E-state index contributed by atoms with van der Waals surface area (Å²) in [6.45, 7) is 2.01. The van der Waals surface area contributed by atoms with Gasteiger partial charge in [0, 0.05) is 0 Å². The first-order chi connectivity index (χ1) is 15.1. The van der Waals surface area contributed by atoms with Crippen LogP contribution >= 0.6 is 0 Å². The van der Waals surface area contributed by atoms with E-state index in [9.17, 15) is 14.4 Å². The van der Waals surface area contributed by atoms with E-state index in [0.29, 0.717) is 12.1 Å². The molecule has 31 heavy (non-hydrogen) atoms. The average Bonchev–Trinajstić information content (AvgIpc) is 3.30. The van der Waals surface area contributed by atoms with E-state index in [1.165, 1.54) is 5.06 Å². The number of fused-ring (bicyclic) bond motifs is 1. The molecule has 2 heterocycles. The Labute approximate surface area is 179 Å². The zero-order valence-electron chi connectivity index (χ0n) is 17.0. The highest BCUT2D eigenvalue weighted by Gasteiger charge is 2.60. The summed E-state index contributed by atoms with van der Waals surface area (Å²) in [5.41, 5.74) is 1.30. The molecule has 4 atom stereocenters. The Morgan fingerprint density at radius 3 is 2.35 bits per heavy atom. The SMILES string of the molecule is CCOC(=O)[C@H]1[C@@H]2[C@@H](COC(=O)c3ccccc3)OC(=O)[C@@H]2ON1Cc1ccccc1. The standard InChI is InChI=1S/C23H23NO7/c1-2-28-22(26)19-18-17(14-29-21(25)16-11-7-4-8-12-16)30-23(27)20(18)31-24(19)13-15-9-5-3-6-10-15/h3-12,17-20H,2,13-14H2,1H3/t17-,18+,19-,20-/m1/s1. The quantitative estimate of drug-likeness (QED) is 0.492. The van der Waals surface area contributed by atoms with Crippen molar-refractivity contribution in [3.05, 3.63) is 71.8 Å². The van der Waals surface area contributed by atoms with Crippen molar-refractivity contribution in [1.82, 2.24) is 5.06 Å². The zero-order valence-corrected chi connectivity index (χ0v) is 17.0. The highest BCUT2D eigenvalue weighted by atomic mass is 16.7. The maximum atomic E-state index is 12.8. The molecular weight excluding hydrogens is 402 g/mol. The van der Waals surface area contributed by atoms with Gasteiger partial charge in [0.1, 0.15) is 18.8 Å². The van der Waals surface area contributed by atoms with E-state index in [1.807, 2.05) is 30.3 Å². The second kappa shape index (κ2) is 9.28. The molecule has 2 aliphatic rings. The van der Waals surface area contributed by atoms with Crippen LogP contribution < -0.4 is 0 Å². The van der Waals surface area contributed by atoms with Crippen molar-refractivity contribution in [3.8, 4) is 0 Å². The molecule has 0 aliphatic carbocycles. The van der Waals surface area contributed by atoms with Gasteiger partial charge in [-0.1, -0.05) is 48.5 Å². The summed E-state index contributed by atoms with van der Waals surface area (Å²) in [5.74, 6) is -2.29. The van der Waals surface area contributed by atoms with Gasteiger partial charge in [-0.15, -0.1) is 0 Å². The summed E-state index contributed by atoms with van der Waals surface area (Å²) < 4.78 is 16.0. The van der Waals surface area contributed by atoms with Gasteiger partial charge in [-0.2, -0.15) is 5.06 Å². The summed E-state index contributed by atoms with van der Waals surface area (Å²) in [6, 6.07) is 17.1. The fourth-order valence-electron chi connectivity index (χ4n) is 3.89. The minimum Gasteiger partial charge on any atom is -0.465 e. The molecule has 162 valence electrons. The number of hydroxylamine groups is 2. The van der Waals surface area contributed by atoms with Crippen LogP contribution in [0.2, 0.25) is 0 Å². The number of hydrogen-bond donors (Lipinski definition) is 0. The van der Waals surface area contributed by atoms with Crippen molar-refractivity contribution in [2.75, 3.05) is 13.2 Å². The van der Waals surface area contributed by atoms with Gasteiger partial charge in [-0.05, 0) is 24.6 Å². The number of benzene rings is 2. The third kappa shape index (κ3) is 4.45. The predicted molar refractivity (Wildman–Crippen MR) is 107 cm³/mol. The van der Waals surface area contributed by atoms with Crippen LogP contribution in [0, 0.1) is 5.92 Å². The molecule has 0 amide bonds. The van der Waals surface area contributed by atoms with Crippen LogP contribution in [0.15, 0.2) is 60.7 Å². The summed E-state index contributed by atoms with van der Waals surface area (Å²) in [4.78, 5) is 43.3. The lowest BCUT2D eigenvalue weighted by Gasteiger charge is -2.26. The number of ether oxygens (including phenoxy) is 3. The third-order valence-corrected chi connectivity index (χ3v) is 5.30. The lowest BCUT2D eigenvalue weighted by Crippen LogP contribution is -2.44. The van der Waals surface area contributed by atoms with Gasteiger partial charge in [0.15, 0.2) is 6.10 Å². The highest BCUT2D eigenvalue weighted by molar-refractivity contribution is 5.89. The molecule has 0 radical (unpaired) electrons. The van der Waals surface area contributed by atoms with E-state index >= 15 is 0 Å². The Hall–Kier alpha value is -3.23. The lowest BCUT2D eigenvalue weighted by atomic mass is 9.91. The van der Waals surface area contributed by atoms with Gasteiger partial charge >= 0.3 is 17.9 Å². The maximum Gasteiger partial charge on any atom is 0.338 e. The molecule has 0 spiro atoms. The molecule has 2 aromatic rings. The second-order valence-corrected chi connectivity index (χ2v) is 7.30. The molecule has 2 aliphatic heterocycles. The second-order valence-electron chi connectivity index (χ2n) is 7.30. The van der Waals surface area contributed by atoms with Gasteiger partial charge in [-0.3, -0.25) is 9.63 Å². The topological polar surface area (TPSA) is 91.4 Å². The smallest absolute Gasteiger partial charge is 0.338 e. The van der Waals surface area contributed by atoms with Crippen LogP contribution in [0.1, 0.15) is 22.8 Å². The van der Waals surface area contributed by atoms with Gasteiger partial charge in [0.25, 0.3) is 0 Å². The first-order valence-corrected chi connectivity index (χ1v) is 10.1. The number of rotatable bonds is 7. The molecule has 0 aromatic heterocycles. The fraction of sp³-hybridized carbons (Fsp3) is 0.348. The maximum absolute atomic E-state index is 12.8. The Kier molecular flexibility index (Phi) is 6.29. The molecule has 0 N–H and O–H groups in total. The van der Waals surface area contributed by atoms with E-state index in [4.69, 9.17) is 19.0 Å². The van der Waals surface area contributed by atoms with Gasteiger partial charge in [0.2, 0.25) is 0 Å². The number of carbonyl (C=O) groups is 3. The molecule has 8 heteroatoms. The Bertz CT molecular complexity index is 933. The summed E-state index contributed by atoms with van der Waals surface area (Å²) >= 11 is 0. The minimum absolute atomic E-state index is 0.181. The van der Waals surface area contributed by atoms with Crippen molar-refractivity contribution in [2.24, 2.45) is 5.92 Å². The monoisotopic (exact) mass is 425 g/mol. The van der Waals surface area contributed by atoms with Crippen molar-refractivity contribution in [3.63, 3.8) is 0 Å². The Morgan fingerprint density at radius 2 is 1.68 bits per heavy atom. The number of esters is 3. The number of hydrogen-bond acceptors (Lipinski definition) is 8. The van der Waals surface area contributed by atoms with Crippen LogP contribution in [0.4, 0.5) is 0 Å². The van der Waals surface area contributed by atoms with Crippen molar-refractivity contribution >= 4 is 17.9 Å². The zero-order chi connectivity index (χ0) is 21.8. The van der Waals surface area contributed by atoms with E-state index < -0.39 is 42.1 Å². The molecule has 2 fully saturated rings. The molecule has 0 saturated carbocycles. The summed E-state index contributed by atoms with van der Waals surface area (Å²) in [6.07, 6.45) is -1.78. The molecule has 4 rings (SSSR count). The number of nitrogens with zero attached hydrogens (tertiary/aromatic N) is 1. The molecule has 2 saturated heterocycles. The lowest BCUT2D eigenvalue weighted by molar-refractivity contribution is -0.199. The number of carbonyl (C=O) groups excluding carboxylic acids is 3. The van der Waals surface area contributed by atoms with E-state index in [0.717, 1.165) is 5.56 Å². The molecular formula is C23H23NO7. The molecule has 0 unspecified atom stereocenters. The van der Waals surface area contributed by atoms with E-state index in [1.54, 1.807) is 37.3 Å². The summed E-state index contributed by atoms with van der Waals surface area (Å²) in [7, 11) is 0. The van der Waals surface area contributed by atoms with Gasteiger partial charge in [0.05, 0.1) is 24.6 Å². The predicted octanol–water partition coefficient (Wildman–Crippen LogP) is 2.13. The van der Waals surface area contributed by atoms with Crippen LogP contribution in [-0.4, -0.2) is 54.4 Å². The van der Waals surface area contributed by atoms with Gasteiger partial charge < -0.3 is 14.2 Å². The molecule has 2 aromatic carbocycles. The molecule has 0 bridgehead atoms. The van der Waals surface area contributed by atoms with Gasteiger partial charge in [-0.25, -0.2) is 9.59 Å². The van der Waals surface area contributed by atoms with Crippen molar-refractivity contribution in [2.45, 2.75) is 31.7 Å². The van der Waals surface area contributed by atoms with E-state index in [-0.39, 0.29) is 13.2 Å². The summed E-state index contributed by atoms with van der Waals surface area (Å²) in [5, 5.41) is 1.47. The van der Waals surface area contributed by atoms with Crippen LogP contribution in [0.3, 0.4) is 0 Å². The highest BCUT2D eigenvalue weighted by Crippen LogP contribution is 2.39. The van der Waals surface area contributed by atoms with Crippen LogP contribution in [0.25, 0.3) is 0 Å². The van der Waals surface area contributed by atoms with Crippen molar-refractivity contribution in [1.29, 1.82) is 0 Å².